The second kappa shape index (κ2) is 10.3. The van der Waals surface area contributed by atoms with E-state index in [4.69, 9.17) is 9.47 Å². The van der Waals surface area contributed by atoms with Gasteiger partial charge in [0.05, 0.1) is 30.6 Å². The minimum Gasteiger partial charge on any atom is -0.384 e. The van der Waals surface area contributed by atoms with Crippen LogP contribution in [0.15, 0.2) is 36.5 Å². The monoisotopic (exact) mass is 464 g/mol. The Kier molecular flexibility index (Phi) is 7.02. The van der Waals surface area contributed by atoms with Crippen LogP contribution in [0.25, 0.3) is 0 Å². The fourth-order valence-corrected chi connectivity index (χ4v) is 5.74. The number of anilines is 4. The van der Waals surface area contributed by atoms with Crippen LogP contribution < -0.4 is 15.1 Å². The highest BCUT2D eigenvalue weighted by atomic mass is 16.5. The van der Waals surface area contributed by atoms with Crippen molar-refractivity contribution in [2.75, 3.05) is 49.0 Å². The first-order valence-electron chi connectivity index (χ1n) is 12.6. The zero-order valence-corrected chi connectivity index (χ0v) is 20.3. The zero-order chi connectivity index (χ0) is 23.5. The molecule has 34 heavy (non-hydrogen) atoms. The molecule has 182 valence electrons. The van der Waals surface area contributed by atoms with E-state index in [0.29, 0.717) is 12.5 Å². The summed E-state index contributed by atoms with van der Waals surface area (Å²) in [6, 6.07) is 10.5. The summed E-state index contributed by atoms with van der Waals surface area (Å²) in [4.78, 5) is 22.9. The van der Waals surface area contributed by atoms with Gasteiger partial charge in [-0.3, -0.25) is 4.79 Å². The van der Waals surface area contributed by atoms with E-state index in [9.17, 15) is 4.79 Å². The van der Waals surface area contributed by atoms with Crippen LogP contribution in [0.2, 0.25) is 0 Å². The number of rotatable bonds is 5. The Morgan fingerprint density at radius 2 is 2.00 bits per heavy atom. The first kappa shape index (κ1) is 23.1. The van der Waals surface area contributed by atoms with E-state index in [0.717, 1.165) is 74.6 Å². The van der Waals surface area contributed by atoms with Gasteiger partial charge in [0.25, 0.3) is 0 Å². The molecule has 3 heterocycles. The zero-order valence-electron chi connectivity index (χ0n) is 20.3. The summed E-state index contributed by atoms with van der Waals surface area (Å²) >= 11 is 0. The maximum atomic E-state index is 13.9. The van der Waals surface area contributed by atoms with E-state index in [1.807, 2.05) is 11.0 Å². The smallest absolute Gasteiger partial charge is 0.230 e. The van der Waals surface area contributed by atoms with Crippen LogP contribution in [0.5, 0.6) is 0 Å². The van der Waals surface area contributed by atoms with Gasteiger partial charge in [0, 0.05) is 50.7 Å². The average Bonchev–Trinajstić information content (AvgIpc) is 3.05. The summed E-state index contributed by atoms with van der Waals surface area (Å²) in [6.45, 7) is 3.33. The number of aromatic nitrogens is 1. The largest absolute Gasteiger partial charge is 0.384 e. The van der Waals surface area contributed by atoms with E-state index in [1.54, 1.807) is 20.4 Å². The van der Waals surface area contributed by atoms with Gasteiger partial charge < -0.3 is 24.6 Å². The van der Waals surface area contributed by atoms with Gasteiger partial charge in [-0.05, 0) is 68.7 Å². The minimum absolute atomic E-state index is 0.0298. The summed E-state index contributed by atoms with van der Waals surface area (Å²) in [5.41, 5.74) is 4.09. The molecular formula is C27H36N4O3. The van der Waals surface area contributed by atoms with Crippen molar-refractivity contribution in [1.82, 2.24) is 4.98 Å². The van der Waals surface area contributed by atoms with Crippen molar-refractivity contribution in [1.29, 1.82) is 0 Å². The Hall–Kier alpha value is -2.64. The van der Waals surface area contributed by atoms with Crippen molar-refractivity contribution in [2.24, 2.45) is 11.8 Å². The van der Waals surface area contributed by atoms with Crippen LogP contribution in [0, 0.1) is 11.8 Å². The lowest BCUT2D eigenvalue weighted by molar-refractivity contribution is -0.124. The Morgan fingerprint density at radius 3 is 2.79 bits per heavy atom. The van der Waals surface area contributed by atoms with E-state index in [-0.39, 0.29) is 17.9 Å². The van der Waals surface area contributed by atoms with Crippen LogP contribution in [-0.4, -0.2) is 50.9 Å². The second-order valence-electron chi connectivity index (χ2n) is 9.88. The molecule has 2 fully saturated rings. The number of hydrogen-bond acceptors (Lipinski definition) is 6. The first-order valence-corrected chi connectivity index (χ1v) is 12.6. The molecule has 1 atom stereocenters. The molecule has 1 N–H and O–H groups in total. The molecule has 7 nitrogen and oxygen atoms in total. The molecular weight excluding hydrogens is 428 g/mol. The third-order valence-corrected chi connectivity index (χ3v) is 7.65. The number of nitrogens with zero attached hydrogens (tertiary/aromatic N) is 3. The topological polar surface area (TPSA) is 66.9 Å². The third kappa shape index (κ3) is 4.77. The molecule has 2 aromatic rings. The molecule has 0 spiro atoms. The fourth-order valence-electron chi connectivity index (χ4n) is 5.74. The second-order valence-corrected chi connectivity index (χ2v) is 9.88. The highest BCUT2D eigenvalue weighted by Gasteiger charge is 2.33. The lowest BCUT2D eigenvalue weighted by Gasteiger charge is -2.35. The van der Waals surface area contributed by atoms with E-state index < -0.39 is 0 Å². The summed E-state index contributed by atoms with van der Waals surface area (Å²) < 4.78 is 11.0. The highest BCUT2D eigenvalue weighted by Crippen LogP contribution is 2.40. The van der Waals surface area contributed by atoms with E-state index in [2.05, 4.69) is 39.5 Å². The van der Waals surface area contributed by atoms with Crippen molar-refractivity contribution in [3.05, 3.63) is 42.1 Å². The first-order chi connectivity index (χ1) is 16.7. The number of piperidine rings is 1. The lowest BCUT2D eigenvalue weighted by atomic mass is 9.86. The van der Waals surface area contributed by atoms with Gasteiger partial charge in [-0.1, -0.05) is 6.07 Å². The number of pyridine rings is 1. The number of benzene rings is 1. The molecule has 1 unspecified atom stereocenters. The van der Waals surface area contributed by atoms with Crippen molar-refractivity contribution in [3.63, 3.8) is 0 Å². The molecule has 7 heteroatoms. The van der Waals surface area contributed by atoms with Crippen molar-refractivity contribution in [2.45, 2.75) is 51.2 Å². The summed E-state index contributed by atoms with van der Waals surface area (Å²) in [5.74, 6) is 1.61. The molecule has 1 saturated carbocycles. The summed E-state index contributed by atoms with van der Waals surface area (Å²) in [7, 11) is 3.55. The molecule has 1 amide bonds. The maximum Gasteiger partial charge on any atom is 0.230 e. The van der Waals surface area contributed by atoms with Gasteiger partial charge in [0.1, 0.15) is 5.82 Å². The number of methoxy groups -OCH3 is 2. The molecule has 5 rings (SSSR count). The van der Waals surface area contributed by atoms with Crippen LogP contribution in [0.4, 0.5) is 22.9 Å². The number of hydrogen-bond donors (Lipinski definition) is 1. The van der Waals surface area contributed by atoms with E-state index >= 15 is 0 Å². The Balaban J connectivity index is 1.46. The van der Waals surface area contributed by atoms with Gasteiger partial charge in [0.2, 0.25) is 5.91 Å². The third-order valence-electron chi connectivity index (χ3n) is 7.65. The normalized spacial score (nSPS) is 24.6. The fraction of sp³-hybridized carbons (Fsp3) is 0.556. The molecule has 0 radical (unpaired) electrons. The Morgan fingerprint density at radius 1 is 1.15 bits per heavy atom. The minimum atomic E-state index is 0.0298. The number of amides is 1. The standard InChI is InChI=1S/C27H36N4O3/c1-33-18-19-5-4-14-30(16-19)22-9-12-24-25(15-22)31(17-21-6-3-13-28-26(21)29-24)27(32)20-7-10-23(34-2)11-8-20/h3,6,9,12-13,15,19-20,23H,4-5,7-8,10-11,14,16-18H2,1-2H3,(H,28,29)/t19?,20-,23-. The van der Waals surface area contributed by atoms with Crippen molar-refractivity contribution in [3.8, 4) is 0 Å². The number of carbonyl (C=O) groups excluding carboxylic acids is 1. The number of carbonyl (C=O) groups is 1. The van der Waals surface area contributed by atoms with Gasteiger partial charge >= 0.3 is 0 Å². The molecule has 1 aliphatic carbocycles. The predicted octanol–water partition coefficient (Wildman–Crippen LogP) is 4.74. The molecule has 1 aromatic heterocycles. The van der Waals surface area contributed by atoms with Gasteiger partial charge in [-0.15, -0.1) is 0 Å². The Bertz CT molecular complexity index is 1000. The molecule has 0 bridgehead atoms. The number of fused-ring (bicyclic) bond motifs is 2. The molecule has 2 aliphatic heterocycles. The predicted molar refractivity (Wildman–Crippen MR) is 135 cm³/mol. The lowest BCUT2D eigenvalue weighted by Crippen LogP contribution is -2.39. The van der Waals surface area contributed by atoms with Gasteiger partial charge in [-0.25, -0.2) is 4.98 Å². The van der Waals surface area contributed by atoms with Crippen molar-refractivity contribution < 1.29 is 14.3 Å². The maximum absolute atomic E-state index is 13.9. The van der Waals surface area contributed by atoms with Gasteiger partial charge in [-0.2, -0.15) is 0 Å². The molecule has 1 aromatic carbocycles. The van der Waals surface area contributed by atoms with Crippen molar-refractivity contribution >= 4 is 28.8 Å². The quantitative estimate of drug-likeness (QED) is 0.690. The average molecular weight is 465 g/mol. The SMILES string of the molecule is COCC1CCCN(c2ccc3c(c2)N(C(=O)[C@H]2CC[C@H](OC)CC2)Cc2cccnc2N3)C1. The Labute approximate surface area is 202 Å². The van der Waals surface area contributed by atoms with Gasteiger partial charge in [0.15, 0.2) is 0 Å². The number of nitrogens with one attached hydrogen (secondary N) is 1. The van der Waals surface area contributed by atoms with Crippen LogP contribution in [0.3, 0.4) is 0 Å². The highest BCUT2D eigenvalue weighted by molar-refractivity contribution is 6.00. The summed E-state index contributed by atoms with van der Waals surface area (Å²) in [5, 5.41) is 3.50. The summed E-state index contributed by atoms with van der Waals surface area (Å²) in [6.07, 6.45) is 8.07. The molecule has 1 saturated heterocycles. The van der Waals surface area contributed by atoms with Crippen LogP contribution in [0.1, 0.15) is 44.1 Å². The van der Waals surface area contributed by atoms with E-state index in [1.165, 1.54) is 12.1 Å². The number of ether oxygens (including phenoxy) is 2. The molecule has 3 aliphatic rings. The van der Waals surface area contributed by atoms with Crippen LogP contribution in [-0.2, 0) is 20.8 Å². The van der Waals surface area contributed by atoms with Crippen LogP contribution >= 0.6 is 0 Å².